The van der Waals surface area contributed by atoms with E-state index in [1.54, 1.807) is 10.9 Å². The van der Waals surface area contributed by atoms with Crippen molar-refractivity contribution in [2.75, 3.05) is 0 Å². The largest absolute Gasteiger partial charge is 0.347 e. The Morgan fingerprint density at radius 3 is 2.63 bits per heavy atom. The van der Waals surface area contributed by atoms with Crippen molar-refractivity contribution in [2.24, 2.45) is 7.05 Å². The van der Waals surface area contributed by atoms with Gasteiger partial charge < -0.3 is 9.88 Å². The minimum Gasteiger partial charge on any atom is -0.347 e. The second kappa shape index (κ2) is 5.26. The number of nitrogens with one attached hydrogen (secondary N) is 1. The quantitative estimate of drug-likeness (QED) is 0.887. The number of amides is 1. The minimum atomic E-state index is -0.0615. The Bertz CT molecular complexity index is 596. The van der Waals surface area contributed by atoms with Crippen molar-refractivity contribution >= 4 is 5.91 Å². The van der Waals surface area contributed by atoms with Crippen LogP contribution in [0.2, 0.25) is 0 Å². The Morgan fingerprint density at radius 2 is 2.11 bits per heavy atom. The Balaban J connectivity index is 1.94. The van der Waals surface area contributed by atoms with Gasteiger partial charge in [-0.05, 0) is 26.3 Å². The van der Waals surface area contributed by atoms with Gasteiger partial charge in [0.2, 0.25) is 5.91 Å². The molecule has 0 aromatic carbocycles. The molecule has 2 rings (SSSR count). The SMILES string of the molecule is Cc1nn(CC(=O)NCc2nccn2C)c(C)c1C. The second-order valence-corrected chi connectivity index (χ2v) is 4.68. The van der Waals surface area contributed by atoms with Gasteiger partial charge in [0.25, 0.3) is 0 Å². The molecule has 0 unspecified atom stereocenters. The topological polar surface area (TPSA) is 64.7 Å². The molecule has 1 N–H and O–H groups in total. The Morgan fingerprint density at radius 1 is 1.37 bits per heavy atom. The Hall–Kier alpha value is -2.11. The van der Waals surface area contributed by atoms with Crippen molar-refractivity contribution in [3.05, 3.63) is 35.2 Å². The highest BCUT2D eigenvalue weighted by molar-refractivity contribution is 5.75. The molecular weight excluding hydrogens is 242 g/mol. The number of imidazole rings is 1. The Labute approximate surface area is 112 Å². The van der Waals surface area contributed by atoms with Gasteiger partial charge >= 0.3 is 0 Å². The van der Waals surface area contributed by atoms with E-state index < -0.39 is 0 Å². The summed E-state index contributed by atoms with van der Waals surface area (Å²) in [5, 5.41) is 7.19. The van der Waals surface area contributed by atoms with Crippen LogP contribution in [0.15, 0.2) is 12.4 Å². The highest BCUT2D eigenvalue weighted by Crippen LogP contribution is 2.10. The summed E-state index contributed by atoms with van der Waals surface area (Å²) in [6, 6.07) is 0. The maximum atomic E-state index is 11.9. The molecule has 6 heteroatoms. The van der Waals surface area contributed by atoms with E-state index in [4.69, 9.17) is 0 Å². The normalized spacial score (nSPS) is 10.7. The van der Waals surface area contributed by atoms with Gasteiger partial charge in [-0.1, -0.05) is 0 Å². The van der Waals surface area contributed by atoms with E-state index in [2.05, 4.69) is 15.4 Å². The summed E-state index contributed by atoms with van der Waals surface area (Å²) < 4.78 is 3.62. The molecule has 0 aliphatic rings. The lowest BCUT2D eigenvalue weighted by atomic mass is 10.2. The van der Waals surface area contributed by atoms with Gasteiger partial charge in [0.15, 0.2) is 0 Å². The van der Waals surface area contributed by atoms with E-state index in [1.165, 1.54) is 0 Å². The molecule has 0 radical (unpaired) electrons. The van der Waals surface area contributed by atoms with Crippen molar-refractivity contribution < 1.29 is 4.79 Å². The van der Waals surface area contributed by atoms with E-state index in [0.717, 1.165) is 22.8 Å². The number of hydrogen-bond donors (Lipinski definition) is 1. The maximum absolute atomic E-state index is 11.9. The van der Waals surface area contributed by atoms with E-state index in [1.807, 2.05) is 38.6 Å². The molecule has 2 heterocycles. The molecule has 1 amide bonds. The van der Waals surface area contributed by atoms with E-state index >= 15 is 0 Å². The summed E-state index contributed by atoms with van der Waals surface area (Å²) in [6.45, 7) is 6.61. The van der Waals surface area contributed by atoms with Crippen LogP contribution in [0.4, 0.5) is 0 Å². The molecule has 0 fully saturated rings. The number of carbonyl (C=O) groups excluding carboxylic acids is 1. The molecule has 2 aromatic rings. The monoisotopic (exact) mass is 261 g/mol. The van der Waals surface area contributed by atoms with Crippen LogP contribution in [0.3, 0.4) is 0 Å². The lowest BCUT2D eigenvalue weighted by Gasteiger charge is -2.07. The smallest absolute Gasteiger partial charge is 0.242 e. The molecule has 0 atom stereocenters. The first-order valence-corrected chi connectivity index (χ1v) is 6.22. The van der Waals surface area contributed by atoms with E-state index in [-0.39, 0.29) is 12.5 Å². The molecule has 19 heavy (non-hydrogen) atoms. The van der Waals surface area contributed by atoms with Crippen molar-refractivity contribution in [1.82, 2.24) is 24.6 Å². The standard InChI is InChI=1S/C13H19N5O/c1-9-10(2)16-18(11(9)3)8-13(19)15-7-12-14-5-6-17(12)4/h5-6H,7-8H2,1-4H3,(H,15,19). The zero-order valence-electron chi connectivity index (χ0n) is 11.8. The van der Waals surface area contributed by atoms with E-state index in [0.29, 0.717) is 6.54 Å². The zero-order valence-corrected chi connectivity index (χ0v) is 11.8. The van der Waals surface area contributed by atoms with Crippen LogP contribution in [-0.4, -0.2) is 25.2 Å². The first-order chi connectivity index (χ1) is 8.99. The van der Waals surface area contributed by atoms with Gasteiger partial charge in [0.1, 0.15) is 12.4 Å². The predicted octanol–water partition coefficient (Wildman–Crippen LogP) is 0.858. The molecule has 0 bridgehead atoms. The number of aryl methyl sites for hydroxylation is 2. The zero-order chi connectivity index (χ0) is 14.0. The van der Waals surface area contributed by atoms with Crippen LogP contribution in [0, 0.1) is 20.8 Å². The third-order valence-corrected chi connectivity index (χ3v) is 3.40. The molecule has 0 aliphatic carbocycles. The van der Waals surface area contributed by atoms with Gasteiger partial charge in [0, 0.05) is 25.1 Å². The van der Waals surface area contributed by atoms with Gasteiger partial charge in [-0.3, -0.25) is 9.48 Å². The minimum absolute atomic E-state index is 0.0615. The van der Waals surface area contributed by atoms with Crippen LogP contribution < -0.4 is 5.32 Å². The average molecular weight is 261 g/mol. The van der Waals surface area contributed by atoms with Gasteiger partial charge in [-0.2, -0.15) is 5.10 Å². The number of aromatic nitrogens is 4. The fourth-order valence-corrected chi connectivity index (χ4v) is 1.88. The van der Waals surface area contributed by atoms with Crippen LogP contribution in [0.5, 0.6) is 0 Å². The summed E-state index contributed by atoms with van der Waals surface area (Å²) in [7, 11) is 1.90. The lowest BCUT2D eigenvalue weighted by Crippen LogP contribution is -2.29. The summed E-state index contributed by atoms with van der Waals surface area (Å²) >= 11 is 0. The summed E-state index contributed by atoms with van der Waals surface area (Å²) in [4.78, 5) is 16.0. The number of rotatable bonds is 4. The van der Waals surface area contributed by atoms with Gasteiger partial charge in [-0.25, -0.2) is 4.98 Å². The first kappa shape index (κ1) is 13.3. The van der Waals surface area contributed by atoms with Gasteiger partial charge in [0.05, 0.1) is 12.2 Å². The van der Waals surface area contributed by atoms with Crippen LogP contribution in [0.25, 0.3) is 0 Å². The highest BCUT2D eigenvalue weighted by Gasteiger charge is 2.11. The van der Waals surface area contributed by atoms with Gasteiger partial charge in [-0.15, -0.1) is 0 Å². The molecule has 0 saturated heterocycles. The fourth-order valence-electron chi connectivity index (χ4n) is 1.88. The van der Waals surface area contributed by atoms with Crippen LogP contribution in [0.1, 0.15) is 22.8 Å². The molecule has 0 spiro atoms. The molecule has 6 nitrogen and oxygen atoms in total. The molecular formula is C13H19N5O. The number of nitrogens with zero attached hydrogens (tertiary/aromatic N) is 4. The molecule has 0 saturated carbocycles. The number of carbonyl (C=O) groups is 1. The maximum Gasteiger partial charge on any atom is 0.242 e. The molecule has 102 valence electrons. The highest BCUT2D eigenvalue weighted by atomic mass is 16.2. The van der Waals surface area contributed by atoms with Crippen molar-refractivity contribution in [1.29, 1.82) is 0 Å². The fraction of sp³-hybridized carbons (Fsp3) is 0.462. The predicted molar refractivity (Wildman–Crippen MR) is 71.5 cm³/mol. The summed E-state index contributed by atoms with van der Waals surface area (Å²) in [5.41, 5.74) is 3.14. The number of hydrogen-bond acceptors (Lipinski definition) is 3. The van der Waals surface area contributed by atoms with Crippen LogP contribution >= 0.6 is 0 Å². The third kappa shape index (κ3) is 2.83. The van der Waals surface area contributed by atoms with E-state index in [9.17, 15) is 4.79 Å². The average Bonchev–Trinajstić information content (AvgIpc) is 2.87. The lowest BCUT2D eigenvalue weighted by molar-refractivity contribution is -0.122. The van der Waals surface area contributed by atoms with Crippen LogP contribution in [-0.2, 0) is 24.9 Å². The van der Waals surface area contributed by atoms with Crippen molar-refractivity contribution in [2.45, 2.75) is 33.9 Å². The van der Waals surface area contributed by atoms with Crippen molar-refractivity contribution in [3.8, 4) is 0 Å². The Kier molecular flexibility index (Phi) is 3.69. The third-order valence-electron chi connectivity index (χ3n) is 3.40. The summed E-state index contributed by atoms with van der Waals surface area (Å²) in [5.74, 6) is 0.770. The van der Waals surface area contributed by atoms with Crippen molar-refractivity contribution in [3.63, 3.8) is 0 Å². The first-order valence-electron chi connectivity index (χ1n) is 6.22. The molecule has 2 aromatic heterocycles. The molecule has 0 aliphatic heterocycles. The second-order valence-electron chi connectivity index (χ2n) is 4.68. The summed E-state index contributed by atoms with van der Waals surface area (Å²) in [6.07, 6.45) is 3.57.